The summed E-state index contributed by atoms with van der Waals surface area (Å²) in [5, 5.41) is 11.1. The standard InChI is InChI=1S/C10H12IN5/c1-16-6-14-15-10(16)5-13-9-3-2-7(12)4-8(9)11/h2-4,6,13H,5,12H2,1H3. The highest BCUT2D eigenvalue weighted by atomic mass is 127. The minimum absolute atomic E-state index is 0.649. The summed E-state index contributed by atoms with van der Waals surface area (Å²) in [6, 6.07) is 5.77. The van der Waals surface area contributed by atoms with Gasteiger partial charge in [0.1, 0.15) is 6.33 Å². The Bertz CT molecular complexity index is 494. The summed E-state index contributed by atoms with van der Waals surface area (Å²) in [5.74, 6) is 0.896. The molecule has 16 heavy (non-hydrogen) atoms. The smallest absolute Gasteiger partial charge is 0.151 e. The number of nitrogens with one attached hydrogen (secondary N) is 1. The molecule has 0 unspecified atom stereocenters. The van der Waals surface area contributed by atoms with Crippen molar-refractivity contribution in [3.8, 4) is 0 Å². The van der Waals surface area contributed by atoms with Gasteiger partial charge < -0.3 is 15.6 Å². The molecule has 5 nitrogen and oxygen atoms in total. The van der Waals surface area contributed by atoms with E-state index in [1.807, 2.05) is 29.8 Å². The molecular formula is C10H12IN5. The van der Waals surface area contributed by atoms with Gasteiger partial charge in [-0.05, 0) is 40.8 Å². The lowest BCUT2D eigenvalue weighted by Crippen LogP contribution is -2.06. The number of nitrogens with zero attached hydrogens (tertiary/aromatic N) is 3. The number of anilines is 2. The fourth-order valence-electron chi connectivity index (χ4n) is 1.32. The predicted molar refractivity (Wildman–Crippen MR) is 71.9 cm³/mol. The van der Waals surface area contributed by atoms with Crippen molar-refractivity contribution in [1.82, 2.24) is 14.8 Å². The molecule has 0 radical (unpaired) electrons. The predicted octanol–water partition coefficient (Wildman–Crippen LogP) is 1.61. The van der Waals surface area contributed by atoms with Gasteiger partial charge >= 0.3 is 0 Å². The van der Waals surface area contributed by atoms with Gasteiger partial charge in [0.2, 0.25) is 0 Å². The van der Waals surface area contributed by atoms with Crippen molar-refractivity contribution in [1.29, 1.82) is 0 Å². The van der Waals surface area contributed by atoms with E-state index in [9.17, 15) is 0 Å². The second-order valence-corrected chi connectivity index (χ2v) is 4.61. The first kappa shape index (κ1) is 11.2. The Morgan fingerprint density at radius 2 is 2.31 bits per heavy atom. The van der Waals surface area contributed by atoms with E-state index in [1.54, 1.807) is 6.33 Å². The van der Waals surface area contributed by atoms with Gasteiger partial charge in [0.15, 0.2) is 5.82 Å². The molecule has 2 aromatic rings. The molecule has 1 aromatic carbocycles. The molecule has 0 bridgehead atoms. The minimum atomic E-state index is 0.649. The number of rotatable bonds is 3. The molecule has 84 valence electrons. The van der Waals surface area contributed by atoms with E-state index in [4.69, 9.17) is 5.73 Å². The van der Waals surface area contributed by atoms with Crippen LogP contribution in [0.3, 0.4) is 0 Å². The Balaban J connectivity index is 2.08. The zero-order valence-electron chi connectivity index (χ0n) is 8.81. The van der Waals surface area contributed by atoms with Gasteiger partial charge in [-0.2, -0.15) is 0 Å². The fraction of sp³-hybridized carbons (Fsp3) is 0.200. The van der Waals surface area contributed by atoms with E-state index < -0.39 is 0 Å². The molecule has 0 spiro atoms. The summed E-state index contributed by atoms with van der Waals surface area (Å²) in [5.41, 5.74) is 7.51. The van der Waals surface area contributed by atoms with Crippen molar-refractivity contribution >= 4 is 34.0 Å². The molecule has 1 aromatic heterocycles. The Labute approximate surface area is 107 Å². The van der Waals surface area contributed by atoms with Crippen molar-refractivity contribution in [3.05, 3.63) is 33.9 Å². The van der Waals surface area contributed by atoms with Crippen LogP contribution in [0.1, 0.15) is 5.82 Å². The molecule has 0 aliphatic rings. The maximum Gasteiger partial charge on any atom is 0.151 e. The monoisotopic (exact) mass is 329 g/mol. The van der Waals surface area contributed by atoms with Crippen LogP contribution in [-0.4, -0.2) is 14.8 Å². The second kappa shape index (κ2) is 4.69. The number of nitrogen functional groups attached to an aromatic ring is 1. The largest absolute Gasteiger partial charge is 0.399 e. The van der Waals surface area contributed by atoms with E-state index in [1.165, 1.54) is 0 Å². The molecule has 0 atom stereocenters. The van der Waals surface area contributed by atoms with Crippen LogP contribution in [0.5, 0.6) is 0 Å². The topological polar surface area (TPSA) is 68.8 Å². The van der Waals surface area contributed by atoms with Gasteiger partial charge in [0.05, 0.1) is 6.54 Å². The average molecular weight is 329 g/mol. The van der Waals surface area contributed by atoms with E-state index in [0.717, 1.165) is 20.8 Å². The number of nitrogens with two attached hydrogens (primary N) is 1. The highest BCUT2D eigenvalue weighted by molar-refractivity contribution is 14.1. The van der Waals surface area contributed by atoms with Gasteiger partial charge in [0.25, 0.3) is 0 Å². The first-order valence-corrected chi connectivity index (χ1v) is 5.86. The third-order valence-corrected chi connectivity index (χ3v) is 3.13. The first-order chi connectivity index (χ1) is 7.66. The third kappa shape index (κ3) is 2.43. The van der Waals surface area contributed by atoms with Crippen LogP contribution in [0.2, 0.25) is 0 Å². The van der Waals surface area contributed by atoms with Gasteiger partial charge in [0, 0.05) is 22.0 Å². The molecular weight excluding hydrogens is 317 g/mol. The van der Waals surface area contributed by atoms with Crippen molar-refractivity contribution in [3.63, 3.8) is 0 Å². The van der Waals surface area contributed by atoms with Crippen molar-refractivity contribution < 1.29 is 0 Å². The van der Waals surface area contributed by atoms with Crippen molar-refractivity contribution in [2.75, 3.05) is 11.1 Å². The summed E-state index contributed by atoms with van der Waals surface area (Å²) in [6.07, 6.45) is 1.69. The number of halogens is 1. The SMILES string of the molecule is Cn1cnnc1CNc1ccc(N)cc1I. The molecule has 0 amide bonds. The number of aryl methyl sites for hydroxylation is 1. The summed E-state index contributed by atoms with van der Waals surface area (Å²) in [4.78, 5) is 0. The third-order valence-electron chi connectivity index (χ3n) is 2.24. The quantitative estimate of drug-likeness (QED) is 0.663. The van der Waals surface area contributed by atoms with Crippen LogP contribution < -0.4 is 11.1 Å². The van der Waals surface area contributed by atoms with Crippen LogP contribution in [-0.2, 0) is 13.6 Å². The number of hydrogen-bond acceptors (Lipinski definition) is 4. The fourth-order valence-corrected chi connectivity index (χ4v) is 2.05. The lowest BCUT2D eigenvalue weighted by molar-refractivity contribution is 0.812. The maximum absolute atomic E-state index is 5.68. The van der Waals surface area contributed by atoms with Crippen LogP contribution in [0.15, 0.2) is 24.5 Å². The maximum atomic E-state index is 5.68. The number of benzene rings is 1. The summed E-state index contributed by atoms with van der Waals surface area (Å²) in [6.45, 7) is 0.649. The van der Waals surface area contributed by atoms with Gasteiger partial charge in [-0.15, -0.1) is 10.2 Å². The van der Waals surface area contributed by atoms with Crippen LogP contribution in [0.4, 0.5) is 11.4 Å². The van der Waals surface area contributed by atoms with E-state index in [2.05, 4.69) is 38.1 Å². The Morgan fingerprint density at radius 1 is 1.50 bits per heavy atom. The Morgan fingerprint density at radius 3 is 2.94 bits per heavy atom. The van der Waals surface area contributed by atoms with Crippen molar-refractivity contribution in [2.45, 2.75) is 6.54 Å². The molecule has 6 heteroatoms. The molecule has 0 saturated carbocycles. The van der Waals surface area contributed by atoms with Crippen LogP contribution in [0.25, 0.3) is 0 Å². The zero-order valence-corrected chi connectivity index (χ0v) is 11.0. The van der Waals surface area contributed by atoms with E-state index >= 15 is 0 Å². The minimum Gasteiger partial charge on any atom is -0.399 e. The lowest BCUT2D eigenvalue weighted by Gasteiger charge is -2.08. The molecule has 0 aliphatic heterocycles. The van der Waals surface area contributed by atoms with E-state index in [0.29, 0.717) is 6.54 Å². The Hall–Kier alpha value is -1.31. The molecule has 0 aliphatic carbocycles. The highest BCUT2D eigenvalue weighted by Gasteiger charge is 2.03. The molecule has 3 N–H and O–H groups in total. The number of aromatic nitrogens is 3. The van der Waals surface area contributed by atoms with Crippen LogP contribution >= 0.6 is 22.6 Å². The summed E-state index contributed by atoms with van der Waals surface area (Å²) >= 11 is 2.25. The molecule has 1 heterocycles. The molecule has 0 fully saturated rings. The normalized spacial score (nSPS) is 10.4. The molecule has 2 rings (SSSR count). The highest BCUT2D eigenvalue weighted by Crippen LogP contribution is 2.20. The van der Waals surface area contributed by atoms with Gasteiger partial charge in [-0.1, -0.05) is 0 Å². The van der Waals surface area contributed by atoms with Crippen molar-refractivity contribution in [2.24, 2.45) is 7.05 Å². The second-order valence-electron chi connectivity index (χ2n) is 3.45. The summed E-state index contributed by atoms with van der Waals surface area (Å²) in [7, 11) is 1.92. The van der Waals surface area contributed by atoms with E-state index in [-0.39, 0.29) is 0 Å². The molecule has 0 saturated heterocycles. The van der Waals surface area contributed by atoms with Crippen LogP contribution in [0, 0.1) is 3.57 Å². The Kier molecular flexibility index (Phi) is 3.28. The number of hydrogen-bond donors (Lipinski definition) is 2. The zero-order chi connectivity index (χ0) is 11.5. The van der Waals surface area contributed by atoms with Gasteiger partial charge in [-0.3, -0.25) is 0 Å². The average Bonchev–Trinajstić information content (AvgIpc) is 2.63. The first-order valence-electron chi connectivity index (χ1n) is 4.78. The lowest BCUT2D eigenvalue weighted by atomic mass is 10.3. The van der Waals surface area contributed by atoms with Gasteiger partial charge in [-0.25, -0.2) is 0 Å². The summed E-state index contributed by atoms with van der Waals surface area (Å²) < 4.78 is 2.98.